The van der Waals surface area contributed by atoms with Crippen LogP contribution in [0, 0.1) is 0 Å². The van der Waals surface area contributed by atoms with Crippen molar-refractivity contribution in [2.45, 2.75) is 31.6 Å². The average Bonchev–Trinajstić information content (AvgIpc) is 3.06. The van der Waals surface area contributed by atoms with Gasteiger partial charge in [0.15, 0.2) is 0 Å². The van der Waals surface area contributed by atoms with Gasteiger partial charge in [-0.25, -0.2) is 9.97 Å². The molecule has 1 heterocycles. The molecule has 1 unspecified atom stereocenters. The summed E-state index contributed by atoms with van der Waals surface area (Å²) < 4.78 is 6.04. The minimum Gasteiger partial charge on any atom is -0.457 e. The van der Waals surface area contributed by atoms with Gasteiger partial charge in [-0.2, -0.15) is 0 Å². The Morgan fingerprint density at radius 3 is 2.47 bits per heavy atom. The first-order chi connectivity index (χ1) is 22.0. The molecule has 7 heteroatoms. The highest BCUT2D eigenvalue weighted by molar-refractivity contribution is 5.92. The summed E-state index contributed by atoms with van der Waals surface area (Å²) in [5.41, 5.74) is 7.34. The number of rotatable bonds is 12. The van der Waals surface area contributed by atoms with Crippen LogP contribution in [0.1, 0.15) is 41.0 Å². The number of anilines is 2. The topological polar surface area (TPSA) is 79.4 Å². The van der Waals surface area contributed by atoms with Gasteiger partial charge in [0, 0.05) is 35.5 Å². The molecular formula is C38H39N5O2. The third kappa shape index (κ3) is 7.56. The lowest BCUT2D eigenvalue weighted by molar-refractivity contribution is -0.115. The van der Waals surface area contributed by atoms with Crippen molar-refractivity contribution in [1.29, 1.82) is 0 Å². The number of benzene rings is 4. The van der Waals surface area contributed by atoms with Gasteiger partial charge in [-0.1, -0.05) is 72.8 Å². The van der Waals surface area contributed by atoms with Gasteiger partial charge in [-0.3, -0.25) is 4.79 Å². The quantitative estimate of drug-likeness (QED) is 0.145. The van der Waals surface area contributed by atoms with Crippen LogP contribution in [-0.2, 0) is 17.6 Å². The fourth-order valence-electron chi connectivity index (χ4n) is 5.81. The first-order valence-corrected chi connectivity index (χ1v) is 15.6. The number of ether oxygens (including phenoxy) is 1. The van der Waals surface area contributed by atoms with Crippen molar-refractivity contribution in [3.63, 3.8) is 0 Å². The molecule has 1 amide bonds. The number of nitrogens with zero attached hydrogens (tertiary/aromatic N) is 3. The second kappa shape index (κ2) is 14.2. The van der Waals surface area contributed by atoms with E-state index in [1.807, 2.05) is 72.9 Å². The van der Waals surface area contributed by atoms with E-state index in [1.54, 1.807) is 0 Å². The first kappa shape index (κ1) is 30.0. The molecule has 0 radical (unpaired) electrons. The zero-order valence-corrected chi connectivity index (χ0v) is 25.9. The number of fused-ring (bicyclic) bond motifs is 3. The van der Waals surface area contributed by atoms with Crippen LogP contribution in [0.25, 0.3) is 11.3 Å². The zero-order chi connectivity index (χ0) is 31.0. The number of hydrogen-bond donors (Lipinski definition) is 2. The van der Waals surface area contributed by atoms with E-state index in [0.29, 0.717) is 11.7 Å². The summed E-state index contributed by atoms with van der Waals surface area (Å²) in [6.45, 7) is 1.93. The number of aromatic nitrogens is 2. The van der Waals surface area contributed by atoms with Gasteiger partial charge >= 0.3 is 0 Å². The third-order valence-corrected chi connectivity index (χ3v) is 8.09. The van der Waals surface area contributed by atoms with Crippen molar-refractivity contribution < 1.29 is 9.53 Å². The normalized spacial score (nSPS) is 13.5. The number of amides is 1. The summed E-state index contributed by atoms with van der Waals surface area (Å²) in [5, 5.41) is 6.47. The summed E-state index contributed by atoms with van der Waals surface area (Å²) in [4.78, 5) is 24.8. The lowest BCUT2D eigenvalue weighted by Crippen LogP contribution is -2.17. The molecule has 1 aromatic heterocycles. The van der Waals surface area contributed by atoms with Crippen LogP contribution >= 0.6 is 0 Å². The van der Waals surface area contributed by atoms with E-state index in [4.69, 9.17) is 9.72 Å². The lowest BCUT2D eigenvalue weighted by Gasteiger charge is -2.27. The van der Waals surface area contributed by atoms with Crippen molar-refractivity contribution in [3.8, 4) is 22.8 Å². The van der Waals surface area contributed by atoms with Crippen LogP contribution in [0.2, 0.25) is 0 Å². The van der Waals surface area contributed by atoms with Gasteiger partial charge in [-0.05, 0) is 86.9 Å². The summed E-state index contributed by atoms with van der Waals surface area (Å²) >= 11 is 0. The second-order valence-corrected chi connectivity index (χ2v) is 11.7. The van der Waals surface area contributed by atoms with Gasteiger partial charge in [0.05, 0.1) is 12.1 Å². The summed E-state index contributed by atoms with van der Waals surface area (Å²) in [5.74, 6) is 2.18. The SMILES string of the molecule is CN(C)CCCCNc1ncc2c(n1)-c1ccccc1C(c1ccc(NC(=O)Cc3ccccc3Oc3ccccc3)cc1)C2. The van der Waals surface area contributed by atoms with Crippen LogP contribution in [-0.4, -0.2) is 48.0 Å². The number of hydrogen-bond acceptors (Lipinski definition) is 6. The largest absolute Gasteiger partial charge is 0.457 e. The smallest absolute Gasteiger partial charge is 0.228 e. The molecule has 0 bridgehead atoms. The predicted molar refractivity (Wildman–Crippen MR) is 181 cm³/mol. The number of para-hydroxylation sites is 2. The van der Waals surface area contributed by atoms with E-state index < -0.39 is 0 Å². The van der Waals surface area contributed by atoms with E-state index >= 15 is 0 Å². The van der Waals surface area contributed by atoms with Crippen LogP contribution in [0.4, 0.5) is 11.6 Å². The lowest BCUT2D eigenvalue weighted by atomic mass is 9.78. The van der Waals surface area contributed by atoms with E-state index in [2.05, 4.69) is 71.0 Å². The number of nitrogens with one attached hydrogen (secondary N) is 2. The highest BCUT2D eigenvalue weighted by Gasteiger charge is 2.27. The van der Waals surface area contributed by atoms with Crippen molar-refractivity contribution in [1.82, 2.24) is 14.9 Å². The molecule has 0 saturated heterocycles. The number of unbranched alkanes of at least 4 members (excludes halogenated alkanes) is 1. The van der Waals surface area contributed by atoms with Crippen LogP contribution in [0.3, 0.4) is 0 Å². The maximum absolute atomic E-state index is 13.0. The molecule has 1 atom stereocenters. The Bertz CT molecular complexity index is 1740. The van der Waals surface area contributed by atoms with Gasteiger partial charge in [0.1, 0.15) is 11.5 Å². The van der Waals surface area contributed by atoms with E-state index in [0.717, 1.165) is 66.2 Å². The molecule has 7 nitrogen and oxygen atoms in total. The molecule has 45 heavy (non-hydrogen) atoms. The Labute approximate surface area is 265 Å². The van der Waals surface area contributed by atoms with Crippen molar-refractivity contribution in [2.75, 3.05) is 37.8 Å². The first-order valence-electron chi connectivity index (χ1n) is 15.6. The molecule has 1 aliphatic carbocycles. The molecule has 0 aliphatic heterocycles. The van der Waals surface area contributed by atoms with Gasteiger partial charge < -0.3 is 20.3 Å². The molecule has 6 rings (SSSR count). The molecule has 0 fully saturated rings. The van der Waals surface area contributed by atoms with E-state index in [1.165, 1.54) is 11.1 Å². The summed E-state index contributed by atoms with van der Waals surface area (Å²) in [6.07, 6.45) is 5.21. The fourth-order valence-corrected chi connectivity index (χ4v) is 5.81. The zero-order valence-electron chi connectivity index (χ0n) is 25.9. The monoisotopic (exact) mass is 597 g/mol. The Kier molecular flexibility index (Phi) is 9.47. The minimum atomic E-state index is -0.0944. The average molecular weight is 598 g/mol. The Hall–Kier alpha value is -5.01. The maximum Gasteiger partial charge on any atom is 0.228 e. The van der Waals surface area contributed by atoms with Crippen LogP contribution in [0.5, 0.6) is 11.5 Å². The molecule has 1 aliphatic rings. The number of carbonyl (C=O) groups is 1. The summed E-state index contributed by atoms with van der Waals surface area (Å²) in [6, 6.07) is 34.0. The van der Waals surface area contributed by atoms with Gasteiger partial charge in [-0.15, -0.1) is 0 Å². The van der Waals surface area contributed by atoms with Crippen molar-refractivity contribution in [3.05, 3.63) is 132 Å². The standard InChI is InChI=1S/C38H39N5O2/c1-43(2)23-11-10-22-39-38-40-26-29-24-34(32-15-7-8-16-33(32)37(29)42-38)27-18-20-30(21-19-27)41-36(44)25-28-12-6-9-17-35(28)45-31-13-4-3-5-14-31/h3-9,12-21,26,34H,10-11,22-25H2,1-2H3,(H,41,44)(H,39,40,42). The third-order valence-electron chi connectivity index (χ3n) is 8.09. The van der Waals surface area contributed by atoms with Crippen LogP contribution in [0.15, 0.2) is 109 Å². The molecule has 228 valence electrons. The van der Waals surface area contributed by atoms with Crippen LogP contribution < -0.4 is 15.4 Å². The Balaban J connectivity index is 1.11. The minimum absolute atomic E-state index is 0.0944. The molecular weight excluding hydrogens is 558 g/mol. The Morgan fingerprint density at radius 2 is 1.64 bits per heavy atom. The van der Waals surface area contributed by atoms with Gasteiger partial charge in [0.25, 0.3) is 0 Å². The van der Waals surface area contributed by atoms with E-state index in [-0.39, 0.29) is 18.2 Å². The van der Waals surface area contributed by atoms with Gasteiger partial charge in [0.2, 0.25) is 11.9 Å². The molecule has 4 aromatic carbocycles. The maximum atomic E-state index is 13.0. The van der Waals surface area contributed by atoms with E-state index in [9.17, 15) is 4.79 Å². The molecule has 0 spiro atoms. The predicted octanol–water partition coefficient (Wildman–Crippen LogP) is 7.56. The highest BCUT2D eigenvalue weighted by Crippen LogP contribution is 2.42. The summed E-state index contributed by atoms with van der Waals surface area (Å²) in [7, 11) is 4.20. The van der Waals surface area contributed by atoms with Crippen molar-refractivity contribution in [2.24, 2.45) is 0 Å². The number of carbonyl (C=O) groups excluding carboxylic acids is 1. The molecule has 0 saturated carbocycles. The second-order valence-electron chi connectivity index (χ2n) is 11.7. The molecule has 2 N–H and O–H groups in total. The van der Waals surface area contributed by atoms with Crippen molar-refractivity contribution >= 4 is 17.5 Å². The fraction of sp³-hybridized carbons (Fsp3) is 0.237. The Morgan fingerprint density at radius 1 is 0.889 bits per heavy atom. The molecule has 5 aromatic rings. The highest BCUT2D eigenvalue weighted by atomic mass is 16.5.